The minimum Gasteiger partial charge on any atom is -0.377 e. The van der Waals surface area contributed by atoms with Crippen molar-refractivity contribution < 1.29 is 9.53 Å². The van der Waals surface area contributed by atoms with Gasteiger partial charge in [0.15, 0.2) is 0 Å². The molecule has 1 unspecified atom stereocenters. The van der Waals surface area contributed by atoms with Crippen LogP contribution in [-0.2, 0) is 4.74 Å². The highest BCUT2D eigenvalue weighted by Gasteiger charge is 2.25. The molecular weight excluding hydrogens is 272 g/mol. The number of amides is 1. The molecule has 1 aliphatic heterocycles. The van der Waals surface area contributed by atoms with E-state index >= 15 is 0 Å². The SMILES string of the molecule is CC1COCCN1C(=O)c1ccc(Br)cn1. The van der Waals surface area contributed by atoms with Crippen LogP contribution in [0.15, 0.2) is 22.8 Å². The van der Waals surface area contributed by atoms with Gasteiger partial charge in [-0.05, 0) is 35.0 Å². The molecule has 0 aromatic carbocycles. The quantitative estimate of drug-likeness (QED) is 0.788. The van der Waals surface area contributed by atoms with Crippen molar-refractivity contribution in [3.8, 4) is 0 Å². The monoisotopic (exact) mass is 284 g/mol. The van der Waals surface area contributed by atoms with Crippen LogP contribution in [0.3, 0.4) is 0 Å². The summed E-state index contributed by atoms with van der Waals surface area (Å²) in [5.74, 6) is -0.0247. The Kier molecular flexibility index (Phi) is 3.56. The van der Waals surface area contributed by atoms with Gasteiger partial charge in [0.25, 0.3) is 5.91 Å². The number of ether oxygens (including phenoxy) is 1. The second-order valence-corrected chi connectivity index (χ2v) is 4.70. The number of hydrogen-bond donors (Lipinski definition) is 0. The summed E-state index contributed by atoms with van der Waals surface area (Å²) in [7, 11) is 0. The fourth-order valence-corrected chi connectivity index (χ4v) is 1.91. The Morgan fingerprint density at radius 1 is 1.62 bits per heavy atom. The summed E-state index contributed by atoms with van der Waals surface area (Å²) in [6, 6.07) is 3.67. The second kappa shape index (κ2) is 4.93. The van der Waals surface area contributed by atoms with Crippen LogP contribution in [0.4, 0.5) is 0 Å². The van der Waals surface area contributed by atoms with Gasteiger partial charge in [-0.3, -0.25) is 4.79 Å². The van der Waals surface area contributed by atoms with Gasteiger partial charge in [0.1, 0.15) is 5.69 Å². The summed E-state index contributed by atoms with van der Waals surface area (Å²) in [6.07, 6.45) is 1.64. The van der Waals surface area contributed by atoms with Gasteiger partial charge in [0, 0.05) is 17.2 Å². The van der Waals surface area contributed by atoms with Gasteiger partial charge in [0.05, 0.1) is 19.3 Å². The van der Waals surface area contributed by atoms with Gasteiger partial charge in [0.2, 0.25) is 0 Å². The van der Waals surface area contributed by atoms with E-state index in [1.165, 1.54) is 0 Å². The van der Waals surface area contributed by atoms with E-state index in [2.05, 4.69) is 20.9 Å². The van der Waals surface area contributed by atoms with Crippen LogP contribution in [0.1, 0.15) is 17.4 Å². The summed E-state index contributed by atoms with van der Waals surface area (Å²) in [5, 5.41) is 0. The molecule has 4 nitrogen and oxygen atoms in total. The Hall–Kier alpha value is -0.940. The van der Waals surface area contributed by atoms with Gasteiger partial charge in [-0.2, -0.15) is 0 Å². The van der Waals surface area contributed by atoms with Gasteiger partial charge in [-0.15, -0.1) is 0 Å². The Morgan fingerprint density at radius 3 is 3.06 bits per heavy atom. The molecule has 1 saturated heterocycles. The molecule has 1 aromatic heterocycles. The van der Waals surface area contributed by atoms with E-state index in [0.717, 1.165) is 4.47 Å². The van der Waals surface area contributed by atoms with Crippen molar-refractivity contribution in [2.45, 2.75) is 13.0 Å². The largest absolute Gasteiger partial charge is 0.377 e. The van der Waals surface area contributed by atoms with Crippen LogP contribution < -0.4 is 0 Å². The molecule has 16 heavy (non-hydrogen) atoms. The topological polar surface area (TPSA) is 42.4 Å². The second-order valence-electron chi connectivity index (χ2n) is 3.78. The van der Waals surface area contributed by atoms with Gasteiger partial charge < -0.3 is 9.64 Å². The van der Waals surface area contributed by atoms with Crippen molar-refractivity contribution in [2.24, 2.45) is 0 Å². The first-order chi connectivity index (χ1) is 7.68. The lowest BCUT2D eigenvalue weighted by atomic mass is 10.2. The number of pyridine rings is 1. The molecule has 0 bridgehead atoms. The first-order valence-electron chi connectivity index (χ1n) is 5.19. The Labute approximate surface area is 103 Å². The molecule has 5 heteroatoms. The third-order valence-corrected chi connectivity index (χ3v) is 3.04. The van der Waals surface area contributed by atoms with E-state index in [1.54, 1.807) is 17.2 Å². The molecule has 1 fully saturated rings. The first-order valence-corrected chi connectivity index (χ1v) is 5.98. The molecule has 1 atom stereocenters. The molecule has 0 saturated carbocycles. The molecule has 2 heterocycles. The number of rotatable bonds is 1. The van der Waals surface area contributed by atoms with E-state index in [9.17, 15) is 4.79 Å². The molecule has 0 N–H and O–H groups in total. The molecule has 1 amide bonds. The third kappa shape index (κ3) is 2.41. The average molecular weight is 285 g/mol. The molecule has 86 valence electrons. The highest BCUT2D eigenvalue weighted by atomic mass is 79.9. The first kappa shape index (κ1) is 11.5. The summed E-state index contributed by atoms with van der Waals surface area (Å²) >= 11 is 3.30. The molecule has 1 aliphatic rings. The van der Waals surface area contributed by atoms with Crippen LogP contribution in [0.25, 0.3) is 0 Å². The molecule has 0 spiro atoms. The van der Waals surface area contributed by atoms with Crippen molar-refractivity contribution in [3.63, 3.8) is 0 Å². The maximum Gasteiger partial charge on any atom is 0.272 e. The summed E-state index contributed by atoms with van der Waals surface area (Å²) in [4.78, 5) is 18.0. The highest BCUT2D eigenvalue weighted by molar-refractivity contribution is 9.10. The number of carbonyl (C=O) groups excluding carboxylic acids is 1. The predicted octanol–water partition coefficient (Wildman–Crippen LogP) is 1.70. The summed E-state index contributed by atoms with van der Waals surface area (Å²) in [6.45, 7) is 3.82. The zero-order chi connectivity index (χ0) is 11.5. The minimum absolute atomic E-state index is 0.0247. The van der Waals surface area contributed by atoms with Gasteiger partial charge in [-0.1, -0.05) is 0 Å². The Balaban J connectivity index is 2.14. The standard InChI is InChI=1S/C11H13BrN2O2/c1-8-7-16-5-4-14(8)11(15)10-3-2-9(12)6-13-10/h2-3,6,8H,4-5,7H2,1H3. The lowest BCUT2D eigenvalue weighted by Gasteiger charge is -2.33. The smallest absolute Gasteiger partial charge is 0.272 e. The van der Waals surface area contributed by atoms with E-state index in [-0.39, 0.29) is 11.9 Å². The van der Waals surface area contributed by atoms with Crippen molar-refractivity contribution in [1.82, 2.24) is 9.88 Å². The minimum atomic E-state index is -0.0247. The number of morpholine rings is 1. The van der Waals surface area contributed by atoms with Crippen LogP contribution in [0.2, 0.25) is 0 Å². The maximum absolute atomic E-state index is 12.1. The van der Waals surface area contributed by atoms with E-state index in [4.69, 9.17) is 4.74 Å². The fourth-order valence-electron chi connectivity index (χ4n) is 1.68. The third-order valence-electron chi connectivity index (χ3n) is 2.58. The number of hydrogen-bond acceptors (Lipinski definition) is 3. The number of aromatic nitrogens is 1. The van der Waals surface area contributed by atoms with Crippen LogP contribution in [0.5, 0.6) is 0 Å². The molecule has 2 rings (SSSR count). The van der Waals surface area contributed by atoms with Crippen molar-refractivity contribution in [3.05, 3.63) is 28.5 Å². The van der Waals surface area contributed by atoms with Crippen LogP contribution in [0, 0.1) is 0 Å². The molecular formula is C11H13BrN2O2. The molecule has 0 radical (unpaired) electrons. The molecule has 0 aliphatic carbocycles. The van der Waals surface area contributed by atoms with Gasteiger partial charge >= 0.3 is 0 Å². The van der Waals surface area contributed by atoms with Crippen LogP contribution in [-0.4, -0.2) is 41.6 Å². The predicted molar refractivity (Wildman–Crippen MR) is 63.3 cm³/mol. The van der Waals surface area contributed by atoms with E-state index < -0.39 is 0 Å². The zero-order valence-electron chi connectivity index (χ0n) is 9.02. The Bertz CT molecular complexity index is 380. The maximum atomic E-state index is 12.1. The van der Waals surface area contributed by atoms with E-state index in [1.807, 2.05) is 13.0 Å². The normalized spacial score (nSPS) is 20.9. The number of halogens is 1. The van der Waals surface area contributed by atoms with Crippen molar-refractivity contribution >= 4 is 21.8 Å². The zero-order valence-corrected chi connectivity index (χ0v) is 10.6. The average Bonchev–Trinajstić information content (AvgIpc) is 2.30. The number of carbonyl (C=O) groups is 1. The summed E-state index contributed by atoms with van der Waals surface area (Å²) in [5.41, 5.74) is 0.483. The van der Waals surface area contributed by atoms with Crippen LogP contribution >= 0.6 is 15.9 Å². The van der Waals surface area contributed by atoms with Gasteiger partial charge in [-0.25, -0.2) is 4.98 Å². The fraction of sp³-hybridized carbons (Fsp3) is 0.455. The highest BCUT2D eigenvalue weighted by Crippen LogP contribution is 2.13. The Morgan fingerprint density at radius 2 is 2.44 bits per heavy atom. The van der Waals surface area contributed by atoms with Crippen molar-refractivity contribution in [1.29, 1.82) is 0 Å². The summed E-state index contributed by atoms with van der Waals surface area (Å²) < 4.78 is 6.17. The van der Waals surface area contributed by atoms with Crippen molar-refractivity contribution in [2.75, 3.05) is 19.8 Å². The number of nitrogens with zero attached hydrogens (tertiary/aromatic N) is 2. The molecule has 1 aromatic rings. The van der Waals surface area contributed by atoms with E-state index in [0.29, 0.717) is 25.5 Å². The lowest BCUT2D eigenvalue weighted by molar-refractivity contribution is 0.00327. The lowest BCUT2D eigenvalue weighted by Crippen LogP contribution is -2.47.